The third-order valence-electron chi connectivity index (χ3n) is 4.12. The average molecular weight is 365 g/mol. The van der Waals surface area contributed by atoms with Crippen LogP contribution in [0.2, 0.25) is 0 Å². The minimum Gasteiger partial charge on any atom is -0.192 e. The summed E-state index contributed by atoms with van der Waals surface area (Å²) in [5, 5.41) is 19.5. The van der Waals surface area contributed by atoms with Crippen LogP contribution in [0.1, 0.15) is 5.56 Å². The van der Waals surface area contributed by atoms with Crippen molar-refractivity contribution in [1.82, 2.24) is 10.2 Å². The molecule has 0 aliphatic rings. The van der Waals surface area contributed by atoms with Crippen LogP contribution < -0.4 is 0 Å². The Morgan fingerprint density at radius 1 is 0.667 bits per heavy atom. The highest BCUT2D eigenvalue weighted by Crippen LogP contribution is 2.38. The smallest absolute Gasteiger partial charge is 0.142 e. The van der Waals surface area contributed by atoms with E-state index in [9.17, 15) is 5.26 Å². The molecule has 0 aliphatic carbocycles. The van der Waals surface area contributed by atoms with Crippen LogP contribution in [0.15, 0.2) is 101 Å². The Morgan fingerprint density at radius 3 is 1.81 bits per heavy atom. The van der Waals surface area contributed by atoms with E-state index in [4.69, 9.17) is 0 Å². The summed E-state index contributed by atoms with van der Waals surface area (Å²) in [6, 6.07) is 32.0. The Labute approximate surface area is 162 Å². The zero-order chi connectivity index (χ0) is 18.5. The molecule has 0 atom stereocenters. The summed E-state index contributed by atoms with van der Waals surface area (Å²) >= 11 is 1.46. The maximum atomic E-state index is 9.98. The summed E-state index contributed by atoms with van der Waals surface area (Å²) in [7, 11) is 0. The zero-order valence-corrected chi connectivity index (χ0v) is 15.2. The van der Waals surface area contributed by atoms with Gasteiger partial charge in [-0.05, 0) is 17.7 Å². The molecule has 0 spiro atoms. The number of hydrogen-bond donors (Lipinski definition) is 0. The van der Waals surface area contributed by atoms with Crippen molar-refractivity contribution in [2.75, 3.05) is 0 Å². The summed E-state index contributed by atoms with van der Waals surface area (Å²) in [4.78, 5) is 1.02. The minimum atomic E-state index is 0.545. The van der Waals surface area contributed by atoms with Crippen LogP contribution in [0.5, 0.6) is 0 Å². The number of nitriles is 1. The van der Waals surface area contributed by atoms with E-state index in [0.29, 0.717) is 10.6 Å². The lowest BCUT2D eigenvalue weighted by Crippen LogP contribution is -2.00. The van der Waals surface area contributed by atoms with E-state index in [2.05, 4.69) is 16.3 Å². The highest BCUT2D eigenvalue weighted by atomic mass is 32.2. The van der Waals surface area contributed by atoms with E-state index in [1.54, 1.807) is 0 Å². The van der Waals surface area contributed by atoms with Crippen molar-refractivity contribution >= 4 is 11.8 Å². The van der Waals surface area contributed by atoms with Crippen molar-refractivity contribution in [2.45, 2.75) is 9.92 Å². The van der Waals surface area contributed by atoms with E-state index < -0.39 is 0 Å². The summed E-state index contributed by atoms with van der Waals surface area (Å²) in [6.07, 6.45) is 0. The second kappa shape index (κ2) is 7.86. The molecule has 3 nitrogen and oxygen atoms in total. The van der Waals surface area contributed by atoms with Gasteiger partial charge in [0.2, 0.25) is 0 Å². The van der Waals surface area contributed by atoms with E-state index in [1.165, 1.54) is 11.8 Å². The molecule has 0 unspecified atom stereocenters. The van der Waals surface area contributed by atoms with Crippen LogP contribution in [-0.2, 0) is 0 Å². The number of hydrogen-bond acceptors (Lipinski definition) is 4. The molecule has 1 heterocycles. The molecule has 3 aromatic carbocycles. The Morgan fingerprint density at radius 2 is 1.22 bits per heavy atom. The molecule has 4 rings (SSSR count). The Hall–Kier alpha value is -3.42. The van der Waals surface area contributed by atoms with Crippen LogP contribution >= 0.6 is 11.8 Å². The fourth-order valence-electron chi connectivity index (χ4n) is 2.88. The molecule has 0 radical (unpaired) electrons. The number of rotatable bonds is 4. The topological polar surface area (TPSA) is 49.6 Å². The first-order valence-electron chi connectivity index (χ1n) is 8.51. The zero-order valence-electron chi connectivity index (χ0n) is 14.4. The number of aromatic nitrogens is 2. The van der Waals surface area contributed by atoms with E-state index in [0.717, 1.165) is 27.3 Å². The third kappa shape index (κ3) is 3.59. The second-order valence-electron chi connectivity index (χ2n) is 5.86. The predicted octanol–water partition coefficient (Wildman–Crippen LogP) is 5.83. The number of nitrogens with zero attached hydrogens (tertiary/aromatic N) is 3. The summed E-state index contributed by atoms with van der Waals surface area (Å²) < 4.78 is 0. The standard InChI is InChI=1S/C23H15N3S/c24-16-20-21(17-10-4-1-5-11-17)22(18-12-6-2-7-13-18)25-26-23(20)27-19-14-8-3-9-15-19/h1-15H. The van der Waals surface area contributed by atoms with Crippen LogP contribution in [0.4, 0.5) is 0 Å². The molecule has 0 fully saturated rings. The van der Waals surface area contributed by atoms with Gasteiger partial charge in [0.05, 0.1) is 5.56 Å². The van der Waals surface area contributed by atoms with Gasteiger partial charge in [-0.15, -0.1) is 10.2 Å². The second-order valence-corrected chi connectivity index (χ2v) is 6.92. The molecule has 1 aromatic heterocycles. The molecule has 128 valence electrons. The molecule has 27 heavy (non-hydrogen) atoms. The molecular weight excluding hydrogens is 350 g/mol. The van der Waals surface area contributed by atoms with Gasteiger partial charge in [-0.25, -0.2) is 0 Å². The van der Waals surface area contributed by atoms with Gasteiger partial charge in [0.15, 0.2) is 0 Å². The highest BCUT2D eigenvalue weighted by Gasteiger charge is 2.19. The van der Waals surface area contributed by atoms with E-state index in [-0.39, 0.29) is 0 Å². The molecule has 0 N–H and O–H groups in total. The first kappa shape index (κ1) is 17.0. The molecule has 4 heteroatoms. The first-order valence-corrected chi connectivity index (χ1v) is 9.33. The van der Waals surface area contributed by atoms with E-state index >= 15 is 0 Å². The summed E-state index contributed by atoms with van der Waals surface area (Å²) in [6.45, 7) is 0. The van der Waals surface area contributed by atoms with Gasteiger partial charge in [0, 0.05) is 16.0 Å². The van der Waals surface area contributed by atoms with Crippen LogP contribution in [0.3, 0.4) is 0 Å². The molecule has 0 saturated heterocycles. The van der Waals surface area contributed by atoms with Gasteiger partial charge in [-0.2, -0.15) is 5.26 Å². The van der Waals surface area contributed by atoms with Gasteiger partial charge in [0.25, 0.3) is 0 Å². The van der Waals surface area contributed by atoms with E-state index in [1.807, 2.05) is 91.0 Å². The Bertz CT molecular complexity index is 1090. The minimum absolute atomic E-state index is 0.545. The SMILES string of the molecule is N#Cc1c(Sc2ccccc2)nnc(-c2ccccc2)c1-c1ccccc1. The van der Waals surface area contributed by atoms with Crippen LogP contribution in [-0.4, -0.2) is 10.2 Å². The predicted molar refractivity (Wildman–Crippen MR) is 108 cm³/mol. The van der Waals surface area contributed by atoms with Crippen molar-refractivity contribution in [3.63, 3.8) is 0 Å². The van der Waals surface area contributed by atoms with Crippen molar-refractivity contribution in [3.05, 3.63) is 96.6 Å². The van der Waals surface area contributed by atoms with Gasteiger partial charge < -0.3 is 0 Å². The quantitative estimate of drug-likeness (QED) is 0.456. The average Bonchev–Trinajstić information content (AvgIpc) is 2.75. The lowest BCUT2D eigenvalue weighted by Gasteiger charge is -2.13. The largest absolute Gasteiger partial charge is 0.192 e. The fraction of sp³-hybridized carbons (Fsp3) is 0. The normalized spacial score (nSPS) is 10.3. The molecular formula is C23H15N3S. The monoisotopic (exact) mass is 365 g/mol. The lowest BCUT2D eigenvalue weighted by atomic mass is 9.96. The fourth-order valence-corrected chi connectivity index (χ4v) is 3.73. The van der Waals surface area contributed by atoms with Crippen molar-refractivity contribution in [1.29, 1.82) is 5.26 Å². The third-order valence-corrected chi connectivity index (χ3v) is 5.11. The van der Waals surface area contributed by atoms with Gasteiger partial charge in [-0.3, -0.25) is 0 Å². The highest BCUT2D eigenvalue weighted by molar-refractivity contribution is 7.99. The summed E-state index contributed by atoms with van der Waals surface area (Å²) in [5.74, 6) is 0. The summed E-state index contributed by atoms with van der Waals surface area (Å²) in [5.41, 5.74) is 3.98. The van der Waals surface area contributed by atoms with Gasteiger partial charge >= 0.3 is 0 Å². The molecule has 0 amide bonds. The van der Waals surface area contributed by atoms with Crippen LogP contribution in [0, 0.1) is 11.3 Å². The molecule has 0 saturated carbocycles. The van der Waals surface area contributed by atoms with Gasteiger partial charge in [-0.1, -0.05) is 90.6 Å². The lowest BCUT2D eigenvalue weighted by molar-refractivity contribution is 0.928. The number of benzene rings is 3. The molecule has 0 aliphatic heterocycles. The van der Waals surface area contributed by atoms with Crippen molar-refractivity contribution < 1.29 is 0 Å². The van der Waals surface area contributed by atoms with Gasteiger partial charge in [0.1, 0.15) is 16.8 Å². The maximum Gasteiger partial charge on any atom is 0.142 e. The Kier molecular flexibility index (Phi) is 4.95. The molecule has 4 aromatic rings. The first-order chi connectivity index (χ1) is 13.4. The Balaban J connectivity index is 1.93. The van der Waals surface area contributed by atoms with Crippen LogP contribution in [0.25, 0.3) is 22.4 Å². The maximum absolute atomic E-state index is 9.98. The van der Waals surface area contributed by atoms with Crippen molar-refractivity contribution in [3.8, 4) is 28.5 Å². The molecule has 0 bridgehead atoms. The van der Waals surface area contributed by atoms with Crippen molar-refractivity contribution in [2.24, 2.45) is 0 Å².